The molecule has 2 rings (SSSR count). The molecule has 0 saturated heterocycles. The van der Waals surface area contributed by atoms with E-state index in [1.54, 1.807) is 36.4 Å². The van der Waals surface area contributed by atoms with Crippen molar-refractivity contribution in [3.63, 3.8) is 0 Å². The summed E-state index contributed by atoms with van der Waals surface area (Å²) in [4.78, 5) is 24.1. The van der Waals surface area contributed by atoms with Gasteiger partial charge in [-0.15, -0.1) is 0 Å². The van der Waals surface area contributed by atoms with Crippen molar-refractivity contribution in [2.75, 3.05) is 0 Å². The van der Waals surface area contributed by atoms with E-state index in [9.17, 15) is 14.7 Å². The predicted molar refractivity (Wildman–Crippen MR) is 90.8 cm³/mol. The lowest BCUT2D eigenvalue weighted by Gasteiger charge is -2.15. The first-order chi connectivity index (χ1) is 11.0. The lowest BCUT2D eigenvalue weighted by molar-refractivity contribution is -0.139. The summed E-state index contributed by atoms with van der Waals surface area (Å²) in [5.41, 5.74) is 1.84. The Morgan fingerprint density at radius 1 is 0.913 bits per heavy atom. The minimum atomic E-state index is -0.838. The van der Waals surface area contributed by atoms with Gasteiger partial charge in [-0.25, -0.2) is 0 Å². The number of hydrogen-bond donors (Lipinski definition) is 1. The van der Waals surface area contributed by atoms with E-state index in [-0.39, 0.29) is 5.78 Å². The maximum atomic E-state index is 12.5. The van der Waals surface area contributed by atoms with Crippen molar-refractivity contribution >= 4 is 11.8 Å². The molecule has 0 fully saturated rings. The van der Waals surface area contributed by atoms with Crippen LogP contribution >= 0.6 is 0 Å². The monoisotopic (exact) mass is 310 g/mol. The summed E-state index contributed by atoms with van der Waals surface area (Å²) in [5, 5.41) is 9.50. The second kappa shape index (κ2) is 7.73. The molecule has 0 aliphatic carbocycles. The fourth-order valence-corrected chi connectivity index (χ4v) is 2.59. The number of carboxylic acid groups (broad SMARTS) is 1. The molecule has 0 amide bonds. The van der Waals surface area contributed by atoms with E-state index in [2.05, 4.69) is 13.8 Å². The van der Waals surface area contributed by atoms with Crippen LogP contribution in [0.15, 0.2) is 54.6 Å². The van der Waals surface area contributed by atoms with Crippen LogP contribution in [-0.4, -0.2) is 16.9 Å². The summed E-state index contributed by atoms with van der Waals surface area (Å²) in [6.07, 6.45) is 1.42. The van der Waals surface area contributed by atoms with Crippen LogP contribution in [-0.2, 0) is 4.79 Å². The Balaban J connectivity index is 2.27. The topological polar surface area (TPSA) is 54.4 Å². The van der Waals surface area contributed by atoms with Crippen LogP contribution in [0.3, 0.4) is 0 Å². The number of hydrogen-bond acceptors (Lipinski definition) is 2. The van der Waals surface area contributed by atoms with E-state index < -0.39 is 11.9 Å². The van der Waals surface area contributed by atoms with E-state index >= 15 is 0 Å². The average Bonchev–Trinajstić information content (AvgIpc) is 2.55. The van der Waals surface area contributed by atoms with E-state index in [1.807, 2.05) is 18.2 Å². The summed E-state index contributed by atoms with van der Waals surface area (Å²) in [5.74, 6) is -1.04. The predicted octanol–water partition coefficient (Wildman–Crippen LogP) is 4.52. The van der Waals surface area contributed by atoms with Crippen LogP contribution in [0.5, 0.6) is 0 Å². The summed E-state index contributed by atoms with van der Waals surface area (Å²) in [7, 11) is 0. The van der Waals surface area contributed by atoms with Gasteiger partial charge >= 0.3 is 5.97 Å². The van der Waals surface area contributed by atoms with E-state index in [0.29, 0.717) is 29.0 Å². The van der Waals surface area contributed by atoms with Gasteiger partial charge in [0.25, 0.3) is 0 Å². The summed E-state index contributed by atoms with van der Waals surface area (Å²) in [6, 6.07) is 16.0. The zero-order valence-electron chi connectivity index (χ0n) is 13.5. The molecule has 0 saturated carbocycles. The van der Waals surface area contributed by atoms with Gasteiger partial charge in [0.05, 0.1) is 5.92 Å². The number of benzene rings is 2. The summed E-state index contributed by atoms with van der Waals surface area (Å²) in [6.45, 7) is 4.16. The lowest BCUT2D eigenvalue weighted by atomic mass is 9.89. The van der Waals surface area contributed by atoms with Gasteiger partial charge in [0.1, 0.15) is 0 Å². The zero-order valence-corrected chi connectivity index (χ0v) is 13.5. The Morgan fingerprint density at radius 3 is 2.17 bits per heavy atom. The molecule has 120 valence electrons. The van der Waals surface area contributed by atoms with Crippen molar-refractivity contribution < 1.29 is 14.7 Å². The van der Waals surface area contributed by atoms with Gasteiger partial charge < -0.3 is 5.11 Å². The number of carbonyl (C=O) groups excluding carboxylic acids is 1. The highest BCUT2D eigenvalue weighted by molar-refractivity contribution is 6.09. The molecule has 2 aromatic carbocycles. The molecule has 23 heavy (non-hydrogen) atoms. The van der Waals surface area contributed by atoms with Crippen molar-refractivity contribution in [2.45, 2.75) is 32.6 Å². The van der Waals surface area contributed by atoms with Gasteiger partial charge in [-0.2, -0.15) is 0 Å². The van der Waals surface area contributed by atoms with Crippen molar-refractivity contribution in [3.8, 4) is 0 Å². The number of rotatable bonds is 7. The van der Waals surface area contributed by atoms with Crippen LogP contribution in [0.4, 0.5) is 0 Å². The minimum Gasteiger partial charge on any atom is -0.481 e. The third-order valence-electron chi connectivity index (χ3n) is 3.92. The molecule has 0 bridgehead atoms. The molecule has 1 atom stereocenters. The second-order valence-electron chi connectivity index (χ2n) is 6.18. The molecule has 0 spiro atoms. The van der Waals surface area contributed by atoms with Crippen molar-refractivity contribution in [1.82, 2.24) is 0 Å². The highest BCUT2D eigenvalue weighted by atomic mass is 16.4. The first kappa shape index (κ1) is 16.9. The van der Waals surface area contributed by atoms with Crippen LogP contribution in [0.25, 0.3) is 0 Å². The highest BCUT2D eigenvalue weighted by Crippen LogP contribution is 2.25. The smallest absolute Gasteiger partial charge is 0.310 e. The normalized spacial score (nSPS) is 12.1. The zero-order chi connectivity index (χ0) is 16.8. The molecule has 0 radical (unpaired) electrons. The third-order valence-corrected chi connectivity index (χ3v) is 3.92. The van der Waals surface area contributed by atoms with Crippen LogP contribution in [0.2, 0.25) is 0 Å². The van der Waals surface area contributed by atoms with Gasteiger partial charge in [-0.05, 0) is 30.4 Å². The molecular formula is C20H22O3. The maximum Gasteiger partial charge on any atom is 0.310 e. The Bertz CT molecular complexity index is 674. The van der Waals surface area contributed by atoms with E-state index in [0.717, 1.165) is 6.42 Å². The average molecular weight is 310 g/mol. The largest absolute Gasteiger partial charge is 0.481 e. The third kappa shape index (κ3) is 4.52. The standard InChI is InChI=1S/C20H22O3/c1-14(2)11-12-18(20(22)23)16-9-6-10-17(13-16)19(21)15-7-4-3-5-8-15/h3-10,13-14,18H,11-12H2,1-2H3,(H,22,23). The molecule has 3 nitrogen and oxygen atoms in total. The fourth-order valence-electron chi connectivity index (χ4n) is 2.59. The van der Waals surface area contributed by atoms with Gasteiger partial charge in [0.2, 0.25) is 0 Å². The quantitative estimate of drug-likeness (QED) is 0.765. The first-order valence-electron chi connectivity index (χ1n) is 7.91. The van der Waals surface area contributed by atoms with E-state index in [1.165, 1.54) is 0 Å². The SMILES string of the molecule is CC(C)CCC(C(=O)O)c1cccc(C(=O)c2ccccc2)c1. The lowest BCUT2D eigenvalue weighted by Crippen LogP contribution is -2.13. The Hall–Kier alpha value is -2.42. The van der Waals surface area contributed by atoms with Crippen LogP contribution in [0, 0.1) is 5.92 Å². The molecule has 1 N–H and O–H groups in total. The number of aliphatic carboxylic acids is 1. The van der Waals surface area contributed by atoms with Crippen molar-refractivity contribution in [1.29, 1.82) is 0 Å². The molecule has 2 aromatic rings. The van der Waals surface area contributed by atoms with Gasteiger partial charge in [-0.3, -0.25) is 9.59 Å². The van der Waals surface area contributed by atoms with Crippen LogP contribution in [0.1, 0.15) is 54.1 Å². The Morgan fingerprint density at radius 2 is 1.57 bits per heavy atom. The molecule has 0 aromatic heterocycles. The molecule has 3 heteroatoms. The van der Waals surface area contributed by atoms with Crippen LogP contribution < -0.4 is 0 Å². The molecule has 1 unspecified atom stereocenters. The number of ketones is 1. The minimum absolute atomic E-state index is 0.0829. The second-order valence-corrected chi connectivity index (χ2v) is 6.18. The van der Waals surface area contributed by atoms with Gasteiger partial charge in [0, 0.05) is 11.1 Å². The van der Waals surface area contributed by atoms with Crippen molar-refractivity contribution in [3.05, 3.63) is 71.3 Å². The summed E-state index contributed by atoms with van der Waals surface area (Å²) < 4.78 is 0. The van der Waals surface area contributed by atoms with Gasteiger partial charge in [0.15, 0.2) is 5.78 Å². The summed E-state index contributed by atoms with van der Waals surface area (Å²) >= 11 is 0. The molecule has 0 aliphatic rings. The maximum absolute atomic E-state index is 12.5. The number of carboxylic acids is 1. The molecular weight excluding hydrogens is 288 g/mol. The molecule has 0 heterocycles. The van der Waals surface area contributed by atoms with Gasteiger partial charge in [-0.1, -0.05) is 62.4 Å². The van der Waals surface area contributed by atoms with Crippen molar-refractivity contribution in [2.24, 2.45) is 5.92 Å². The fraction of sp³-hybridized carbons (Fsp3) is 0.300. The Labute approximate surface area is 137 Å². The number of carbonyl (C=O) groups is 2. The Kier molecular flexibility index (Phi) is 5.69. The highest BCUT2D eigenvalue weighted by Gasteiger charge is 2.21. The molecule has 0 aliphatic heterocycles. The van der Waals surface area contributed by atoms with E-state index in [4.69, 9.17) is 0 Å². The first-order valence-corrected chi connectivity index (χ1v) is 7.91.